The van der Waals surface area contributed by atoms with Crippen molar-refractivity contribution >= 4 is 28.8 Å². The summed E-state index contributed by atoms with van der Waals surface area (Å²) in [5.41, 5.74) is 1.53. The van der Waals surface area contributed by atoms with E-state index >= 15 is 0 Å². The number of halogens is 1. The highest BCUT2D eigenvalue weighted by atomic mass is 35.5. The maximum atomic E-state index is 5.93. The molecule has 0 spiro atoms. The van der Waals surface area contributed by atoms with E-state index in [2.05, 4.69) is 21.4 Å². The van der Waals surface area contributed by atoms with Gasteiger partial charge in [0.2, 0.25) is 0 Å². The summed E-state index contributed by atoms with van der Waals surface area (Å²) >= 11 is 7.83. The molecular weight excluding hydrogens is 254 g/mol. The van der Waals surface area contributed by atoms with Gasteiger partial charge in [-0.25, -0.2) is 9.97 Å². The van der Waals surface area contributed by atoms with E-state index in [9.17, 15) is 0 Å². The van der Waals surface area contributed by atoms with Crippen LogP contribution >= 0.6 is 22.9 Å². The van der Waals surface area contributed by atoms with Gasteiger partial charge in [-0.1, -0.05) is 11.6 Å². The summed E-state index contributed by atoms with van der Waals surface area (Å²) < 4.78 is 0. The van der Waals surface area contributed by atoms with Gasteiger partial charge in [0.25, 0.3) is 0 Å². The number of nitrogens with one attached hydrogen (secondary N) is 1. The van der Waals surface area contributed by atoms with Crippen molar-refractivity contribution < 1.29 is 0 Å². The third-order valence-corrected chi connectivity index (χ3v) is 4.39. The van der Waals surface area contributed by atoms with Gasteiger partial charge in [-0.15, -0.1) is 11.3 Å². The van der Waals surface area contributed by atoms with E-state index in [4.69, 9.17) is 11.6 Å². The molecule has 3 rings (SSSR count). The van der Waals surface area contributed by atoms with Gasteiger partial charge in [-0.05, 0) is 30.9 Å². The second-order valence-electron chi connectivity index (χ2n) is 4.06. The zero-order valence-corrected chi connectivity index (χ0v) is 10.8. The van der Waals surface area contributed by atoms with Crippen LogP contribution < -0.4 is 5.32 Å². The Morgan fingerprint density at radius 2 is 2.18 bits per heavy atom. The standard InChI is InChI=1S/C12H12ClN3S/c13-11-12(15-5-4-14-11)16-7-9-6-8-2-1-3-10(8)17-9/h4-6H,1-3,7H2,(H,15,16). The van der Waals surface area contributed by atoms with Gasteiger partial charge >= 0.3 is 0 Å². The molecule has 0 radical (unpaired) electrons. The van der Waals surface area contributed by atoms with Gasteiger partial charge in [-0.2, -0.15) is 0 Å². The SMILES string of the molecule is Clc1nccnc1NCc1cc2c(s1)CCC2. The molecule has 0 bridgehead atoms. The third kappa shape index (κ3) is 2.28. The molecule has 0 unspecified atom stereocenters. The van der Waals surface area contributed by atoms with E-state index in [1.54, 1.807) is 17.3 Å². The van der Waals surface area contributed by atoms with Crippen LogP contribution in [0.15, 0.2) is 18.5 Å². The lowest BCUT2D eigenvalue weighted by Crippen LogP contribution is -2.01. The van der Waals surface area contributed by atoms with Crippen LogP contribution in [0.4, 0.5) is 5.82 Å². The maximum absolute atomic E-state index is 5.93. The largest absolute Gasteiger partial charge is 0.363 e. The van der Waals surface area contributed by atoms with Gasteiger partial charge < -0.3 is 5.32 Å². The molecule has 3 nitrogen and oxygen atoms in total. The number of aryl methyl sites for hydroxylation is 2. The summed E-state index contributed by atoms with van der Waals surface area (Å²) in [5, 5.41) is 3.65. The van der Waals surface area contributed by atoms with Crippen LogP contribution in [-0.4, -0.2) is 9.97 Å². The van der Waals surface area contributed by atoms with E-state index in [0.29, 0.717) is 11.0 Å². The van der Waals surface area contributed by atoms with Crippen LogP contribution in [0, 0.1) is 0 Å². The van der Waals surface area contributed by atoms with Crippen LogP contribution in [0.1, 0.15) is 21.7 Å². The highest BCUT2D eigenvalue weighted by Crippen LogP contribution is 2.31. The lowest BCUT2D eigenvalue weighted by molar-refractivity contribution is 0.913. The van der Waals surface area contributed by atoms with E-state index in [1.807, 2.05) is 11.3 Å². The first-order chi connectivity index (χ1) is 8.33. The predicted octanol–water partition coefficient (Wildman–Crippen LogP) is 3.29. The monoisotopic (exact) mass is 265 g/mol. The molecule has 0 amide bonds. The van der Waals surface area contributed by atoms with E-state index in [1.165, 1.54) is 29.7 Å². The minimum Gasteiger partial charge on any atom is -0.363 e. The average molecular weight is 266 g/mol. The predicted molar refractivity (Wildman–Crippen MR) is 70.7 cm³/mol. The molecule has 2 aromatic rings. The fourth-order valence-corrected chi connectivity index (χ4v) is 3.46. The van der Waals surface area contributed by atoms with Crippen LogP contribution in [0.25, 0.3) is 0 Å². The highest BCUT2D eigenvalue weighted by Gasteiger charge is 2.14. The molecule has 0 aliphatic heterocycles. The molecular formula is C12H12ClN3S. The summed E-state index contributed by atoms with van der Waals surface area (Å²) in [6, 6.07) is 2.30. The Bertz CT molecular complexity index is 517. The smallest absolute Gasteiger partial charge is 0.171 e. The first kappa shape index (κ1) is 11.0. The van der Waals surface area contributed by atoms with Crippen molar-refractivity contribution in [3.05, 3.63) is 38.9 Å². The Kier molecular flexibility index (Phi) is 2.99. The number of fused-ring (bicyclic) bond motifs is 1. The van der Waals surface area contributed by atoms with Crippen LogP contribution in [0.2, 0.25) is 5.15 Å². The molecule has 0 saturated heterocycles. The van der Waals surface area contributed by atoms with Gasteiger partial charge in [0.15, 0.2) is 11.0 Å². The van der Waals surface area contributed by atoms with Crippen LogP contribution in [0.3, 0.4) is 0 Å². The summed E-state index contributed by atoms with van der Waals surface area (Å²) in [4.78, 5) is 11.0. The molecule has 0 aromatic carbocycles. The van der Waals surface area contributed by atoms with Crippen molar-refractivity contribution in [3.63, 3.8) is 0 Å². The minimum absolute atomic E-state index is 0.427. The Labute approximate surface area is 109 Å². The van der Waals surface area contributed by atoms with Crippen molar-refractivity contribution in [1.29, 1.82) is 0 Å². The van der Waals surface area contributed by atoms with Crippen molar-refractivity contribution in [2.24, 2.45) is 0 Å². The Morgan fingerprint density at radius 1 is 1.29 bits per heavy atom. The summed E-state index contributed by atoms with van der Waals surface area (Å²) in [6.07, 6.45) is 7.02. The molecule has 1 aliphatic carbocycles. The minimum atomic E-state index is 0.427. The fraction of sp³-hybridized carbons (Fsp3) is 0.333. The van der Waals surface area contributed by atoms with Crippen molar-refractivity contribution in [2.45, 2.75) is 25.8 Å². The number of aromatic nitrogens is 2. The van der Waals surface area contributed by atoms with E-state index in [-0.39, 0.29) is 0 Å². The zero-order valence-electron chi connectivity index (χ0n) is 9.24. The summed E-state index contributed by atoms with van der Waals surface area (Å²) in [7, 11) is 0. The van der Waals surface area contributed by atoms with Gasteiger partial charge in [-0.3, -0.25) is 0 Å². The highest BCUT2D eigenvalue weighted by molar-refractivity contribution is 7.12. The van der Waals surface area contributed by atoms with E-state index in [0.717, 1.165) is 6.54 Å². The summed E-state index contributed by atoms with van der Waals surface area (Å²) in [5.74, 6) is 0.655. The van der Waals surface area contributed by atoms with Crippen molar-refractivity contribution in [3.8, 4) is 0 Å². The number of rotatable bonds is 3. The molecule has 17 heavy (non-hydrogen) atoms. The maximum Gasteiger partial charge on any atom is 0.171 e. The summed E-state index contributed by atoms with van der Waals surface area (Å²) in [6.45, 7) is 0.774. The molecule has 0 saturated carbocycles. The van der Waals surface area contributed by atoms with E-state index < -0.39 is 0 Å². The lowest BCUT2D eigenvalue weighted by Gasteiger charge is -2.04. The van der Waals surface area contributed by atoms with Gasteiger partial charge in [0, 0.05) is 22.1 Å². The second-order valence-corrected chi connectivity index (χ2v) is 5.64. The fourth-order valence-electron chi connectivity index (χ4n) is 2.09. The molecule has 88 valence electrons. The molecule has 1 aliphatic rings. The topological polar surface area (TPSA) is 37.8 Å². The van der Waals surface area contributed by atoms with Crippen LogP contribution in [0.5, 0.6) is 0 Å². The molecule has 0 atom stereocenters. The third-order valence-electron chi connectivity index (χ3n) is 2.88. The molecule has 0 fully saturated rings. The number of nitrogens with zero attached hydrogens (tertiary/aromatic N) is 2. The Balaban J connectivity index is 1.70. The number of anilines is 1. The van der Waals surface area contributed by atoms with Crippen molar-refractivity contribution in [1.82, 2.24) is 9.97 Å². The Morgan fingerprint density at radius 3 is 3.00 bits per heavy atom. The molecule has 2 aromatic heterocycles. The van der Waals surface area contributed by atoms with Crippen molar-refractivity contribution in [2.75, 3.05) is 5.32 Å². The van der Waals surface area contributed by atoms with Gasteiger partial charge in [0.1, 0.15) is 0 Å². The first-order valence-electron chi connectivity index (χ1n) is 5.64. The number of thiophene rings is 1. The average Bonchev–Trinajstić information content (AvgIpc) is 2.88. The second kappa shape index (κ2) is 4.63. The van der Waals surface area contributed by atoms with Gasteiger partial charge in [0.05, 0.1) is 6.54 Å². The molecule has 5 heteroatoms. The lowest BCUT2D eigenvalue weighted by atomic mass is 10.2. The zero-order chi connectivity index (χ0) is 11.7. The number of hydrogen-bond donors (Lipinski definition) is 1. The quantitative estimate of drug-likeness (QED) is 0.925. The molecule has 2 heterocycles. The number of hydrogen-bond acceptors (Lipinski definition) is 4. The molecule has 1 N–H and O–H groups in total. The first-order valence-corrected chi connectivity index (χ1v) is 6.83. The Hall–Kier alpha value is -1.13. The van der Waals surface area contributed by atoms with Crippen LogP contribution in [-0.2, 0) is 19.4 Å². The normalized spacial score (nSPS) is 13.7.